The number of hydrogen-bond acceptors (Lipinski definition) is 3. The first-order valence-electron chi connectivity index (χ1n) is 6.25. The van der Waals surface area contributed by atoms with Crippen molar-refractivity contribution in [2.24, 2.45) is 5.73 Å². The second-order valence-electron chi connectivity index (χ2n) is 4.55. The van der Waals surface area contributed by atoms with Gasteiger partial charge < -0.3 is 15.2 Å². The maximum absolute atomic E-state index is 6.32. The number of nitrogens with two attached hydrogens (primary N) is 1. The van der Waals surface area contributed by atoms with Crippen LogP contribution in [0.25, 0.3) is 0 Å². The summed E-state index contributed by atoms with van der Waals surface area (Å²) in [5.41, 5.74) is 8.18. The van der Waals surface area contributed by atoms with Crippen molar-refractivity contribution in [3.05, 3.63) is 56.1 Å². The first-order valence-corrected chi connectivity index (χ1v) is 7.71. The quantitative estimate of drug-likeness (QED) is 0.779. The largest absolute Gasteiger partial charge is 0.486 e. The monoisotopic (exact) mass is 401 g/mol. The maximum atomic E-state index is 6.32. The Morgan fingerprint density at radius 3 is 2.30 bits per heavy atom. The molecule has 0 amide bonds. The van der Waals surface area contributed by atoms with Crippen LogP contribution >= 0.6 is 34.2 Å². The second kappa shape index (κ2) is 5.79. The molecule has 0 saturated carbocycles. The van der Waals surface area contributed by atoms with E-state index in [1.807, 2.05) is 30.3 Å². The van der Waals surface area contributed by atoms with Gasteiger partial charge in [0.25, 0.3) is 0 Å². The molecule has 2 aromatic rings. The highest BCUT2D eigenvalue weighted by molar-refractivity contribution is 14.1. The smallest absolute Gasteiger partial charge is 0.162 e. The van der Waals surface area contributed by atoms with Crippen LogP contribution in [0, 0.1) is 3.57 Å². The Bertz CT molecular complexity index is 631. The number of fused-ring (bicyclic) bond motifs is 1. The summed E-state index contributed by atoms with van der Waals surface area (Å²) < 4.78 is 12.3. The van der Waals surface area contributed by atoms with E-state index < -0.39 is 0 Å². The van der Waals surface area contributed by atoms with Gasteiger partial charge in [-0.25, -0.2) is 0 Å². The van der Waals surface area contributed by atoms with E-state index in [4.69, 9.17) is 26.8 Å². The molecule has 5 heteroatoms. The molecule has 0 saturated heterocycles. The molecule has 1 unspecified atom stereocenters. The lowest BCUT2D eigenvalue weighted by atomic mass is 9.99. The summed E-state index contributed by atoms with van der Waals surface area (Å²) in [7, 11) is 0. The van der Waals surface area contributed by atoms with E-state index in [9.17, 15) is 0 Å². The number of hydrogen-bond donors (Lipinski definition) is 1. The highest BCUT2D eigenvalue weighted by atomic mass is 127. The maximum Gasteiger partial charge on any atom is 0.162 e. The molecule has 0 spiro atoms. The third-order valence-electron chi connectivity index (χ3n) is 3.23. The number of rotatable bonds is 2. The van der Waals surface area contributed by atoms with Crippen molar-refractivity contribution >= 4 is 34.2 Å². The summed E-state index contributed by atoms with van der Waals surface area (Å²) in [6.45, 7) is 1.10. The minimum atomic E-state index is -0.282. The predicted molar refractivity (Wildman–Crippen MR) is 87.6 cm³/mol. The molecule has 3 nitrogen and oxygen atoms in total. The van der Waals surface area contributed by atoms with Gasteiger partial charge in [-0.05, 0) is 51.9 Å². The van der Waals surface area contributed by atoms with Gasteiger partial charge in [0.2, 0.25) is 0 Å². The van der Waals surface area contributed by atoms with E-state index in [0.717, 1.165) is 11.1 Å². The van der Waals surface area contributed by atoms with E-state index in [2.05, 4.69) is 22.6 Å². The first kappa shape index (κ1) is 14.0. The fourth-order valence-corrected chi connectivity index (χ4v) is 2.80. The van der Waals surface area contributed by atoms with Gasteiger partial charge in [-0.15, -0.1) is 0 Å². The third kappa shape index (κ3) is 2.73. The molecule has 0 fully saturated rings. The lowest BCUT2D eigenvalue weighted by Crippen LogP contribution is -2.17. The van der Waals surface area contributed by atoms with Crippen molar-refractivity contribution in [1.29, 1.82) is 0 Å². The van der Waals surface area contributed by atoms with Crippen molar-refractivity contribution in [2.45, 2.75) is 6.04 Å². The molecular formula is C15H13ClINO2. The summed E-state index contributed by atoms with van der Waals surface area (Å²) in [5, 5.41) is 0.598. The van der Waals surface area contributed by atoms with Gasteiger partial charge in [-0.2, -0.15) is 0 Å². The molecule has 0 aromatic heterocycles. The van der Waals surface area contributed by atoms with E-state index in [0.29, 0.717) is 29.7 Å². The Morgan fingerprint density at radius 1 is 1.05 bits per heavy atom. The molecule has 1 aliphatic heterocycles. The molecule has 20 heavy (non-hydrogen) atoms. The molecule has 0 radical (unpaired) electrons. The van der Waals surface area contributed by atoms with Gasteiger partial charge in [0.15, 0.2) is 11.5 Å². The van der Waals surface area contributed by atoms with E-state index in [-0.39, 0.29) is 6.04 Å². The van der Waals surface area contributed by atoms with Crippen LogP contribution in [-0.2, 0) is 0 Å². The van der Waals surface area contributed by atoms with Crippen molar-refractivity contribution in [3.8, 4) is 11.5 Å². The number of benzene rings is 2. The Morgan fingerprint density at radius 2 is 1.65 bits per heavy atom. The highest BCUT2D eigenvalue weighted by Crippen LogP contribution is 2.38. The summed E-state index contributed by atoms with van der Waals surface area (Å²) >= 11 is 8.59. The Kier molecular flexibility index (Phi) is 4.05. The SMILES string of the molecule is NC(c1ccc(I)cc1)c1cc2c(cc1Cl)OCCO2. The Hall–Kier alpha value is -0.980. The third-order valence-corrected chi connectivity index (χ3v) is 4.27. The van der Waals surface area contributed by atoms with E-state index >= 15 is 0 Å². The molecule has 2 aromatic carbocycles. The fourth-order valence-electron chi connectivity index (χ4n) is 2.17. The molecule has 1 heterocycles. The number of halogens is 2. The minimum Gasteiger partial charge on any atom is -0.486 e. The zero-order valence-electron chi connectivity index (χ0n) is 10.6. The summed E-state index contributed by atoms with van der Waals surface area (Å²) in [5.74, 6) is 1.39. The van der Waals surface area contributed by atoms with Gasteiger partial charge in [-0.3, -0.25) is 0 Å². The average Bonchev–Trinajstić information content (AvgIpc) is 2.46. The normalized spacial score (nSPS) is 14.9. The van der Waals surface area contributed by atoms with E-state index in [1.54, 1.807) is 6.07 Å². The van der Waals surface area contributed by atoms with Crippen molar-refractivity contribution in [2.75, 3.05) is 13.2 Å². The number of ether oxygens (including phenoxy) is 2. The first-order chi connectivity index (χ1) is 9.65. The Labute approximate surface area is 136 Å². The molecule has 104 valence electrons. The van der Waals surface area contributed by atoms with Gasteiger partial charge in [-0.1, -0.05) is 23.7 Å². The molecule has 3 rings (SSSR count). The van der Waals surface area contributed by atoms with Crippen LogP contribution in [0.2, 0.25) is 5.02 Å². The molecule has 1 atom stereocenters. The van der Waals surface area contributed by atoms with Crippen LogP contribution in [0.5, 0.6) is 11.5 Å². The fraction of sp³-hybridized carbons (Fsp3) is 0.200. The van der Waals surface area contributed by atoms with Crippen LogP contribution in [0.15, 0.2) is 36.4 Å². The van der Waals surface area contributed by atoms with Crippen LogP contribution < -0.4 is 15.2 Å². The van der Waals surface area contributed by atoms with Crippen molar-refractivity contribution in [3.63, 3.8) is 0 Å². The average molecular weight is 402 g/mol. The molecule has 1 aliphatic rings. The minimum absolute atomic E-state index is 0.282. The topological polar surface area (TPSA) is 44.5 Å². The molecule has 2 N–H and O–H groups in total. The van der Waals surface area contributed by atoms with Gasteiger partial charge in [0, 0.05) is 14.7 Å². The zero-order chi connectivity index (χ0) is 14.1. The van der Waals surface area contributed by atoms with Crippen molar-refractivity contribution < 1.29 is 9.47 Å². The van der Waals surface area contributed by atoms with Crippen LogP contribution in [0.4, 0.5) is 0 Å². The molecule has 0 bridgehead atoms. The molecule has 0 aliphatic carbocycles. The predicted octanol–water partition coefficient (Wildman–Crippen LogP) is 3.76. The second-order valence-corrected chi connectivity index (χ2v) is 6.20. The zero-order valence-corrected chi connectivity index (χ0v) is 13.5. The van der Waals surface area contributed by atoms with Gasteiger partial charge in [0.05, 0.1) is 6.04 Å². The van der Waals surface area contributed by atoms with E-state index in [1.165, 1.54) is 3.57 Å². The van der Waals surface area contributed by atoms with Crippen LogP contribution in [-0.4, -0.2) is 13.2 Å². The van der Waals surface area contributed by atoms with Crippen LogP contribution in [0.3, 0.4) is 0 Å². The molecular weight excluding hydrogens is 389 g/mol. The summed E-state index contributed by atoms with van der Waals surface area (Å²) in [6.07, 6.45) is 0. The van der Waals surface area contributed by atoms with Gasteiger partial charge in [0.1, 0.15) is 13.2 Å². The van der Waals surface area contributed by atoms with Crippen LogP contribution in [0.1, 0.15) is 17.2 Å². The lowest BCUT2D eigenvalue weighted by molar-refractivity contribution is 0.171. The Balaban J connectivity index is 1.98. The lowest BCUT2D eigenvalue weighted by Gasteiger charge is -2.22. The van der Waals surface area contributed by atoms with Gasteiger partial charge >= 0.3 is 0 Å². The standard InChI is InChI=1S/C15H13ClINO2/c16-12-8-14-13(19-5-6-20-14)7-11(12)15(18)9-1-3-10(17)4-2-9/h1-4,7-8,15H,5-6,18H2. The highest BCUT2D eigenvalue weighted by Gasteiger charge is 2.19. The summed E-state index contributed by atoms with van der Waals surface area (Å²) in [6, 6.07) is 11.5. The summed E-state index contributed by atoms with van der Waals surface area (Å²) in [4.78, 5) is 0. The van der Waals surface area contributed by atoms with Crippen molar-refractivity contribution in [1.82, 2.24) is 0 Å².